The maximum absolute atomic E-state index is 12.8. The summed E-state index contributed by atoms with van der Waals surface area (Å²) in [5, 5.41) is 0. The van der Waals surface area contributed by atoms with Gasteiger partial charge in [-0.05, 0) is 31.1 Å². The molecule has 356 valence electrons. The Morgan fingerprint density at radius 3 is 0.867 bits per heavy atom. The van der Waals surface area contributed by atoms with Crippen molar-refractivity contribution in [2.75, 3.05) is 13.2 Å². The van der Waals surface area contributed by atoms with Crippen molar-refractivity contribution in [1.82, 2.24) is 0 Å². The first-order valence-corrected chi connectivity index (χ1v) is 26.8. The molecule has 0 aliphatic heterocycles. The molecule has 0 heterocycles. The normalized spacial score (nSPS) is 12.9. The first kappa shape index (κ1) is 58.4. The van der Waals surface area contributed by atoms with Gasteiger partial charge in [0, 0.05) is 19.3 Å². The molecule has 0 amide bonds. The van der Waals surface area contributed by atoms with E-state index in [0.29, 0.717) is 19.3 Å². The number of hydrogen-bond donors (Lipinski definition) is 0. The van der Waals surface area contributed by atoms with Gasteiger partial charge in [-0.1, -0.05) is 259 Å². The van der Waals surface area contributed by atoms with Gasteiger partial charge in [0.2, 0.25) is 0 Å². The van der Waals surface area contributed by atoms with Gasteiger partial charge in [0.25, 0.3) is 0 Å². The molecular weight excluding hydrogens is 745 g/mol. The highest BCUT2D eigenvalue weighted by molar-refractivity contribution is 5.71. The zero-order chi connectivity index (χ0) is 44.0. The number of ether oxygens (including phenoxy) is 3. The molecule has 0 saturated carbocycles. The summed E-state index contributed by atoms with van der Waals surface area (Å²) in [7, 11) is 0. The van der Waals surface area contributed by atoms with Gasteiger partial charge >= 0.3 is 17.9 Å². The number of rotatable bonds is 48. The molecule has 6 nitrogen and oxygen atoms in total. The Morgan fingerprint density at radius 1 is 0.333 bits per heavy atom. The molecule has 0 N–H and O–H groups in total. The fourth-order valence-corrected chi connectivity index (χ4v) is 8.10. The summed E-state index contributed by atoms with van der Waals surface area (Å²) in [5.41, 5.74) is 0. The number of unbranched alkanes of at least 4 members (excludes halogenated alkanes) is 31. The second-order valence-corrected chi connectivity index (χ2v) is 19.0. The Bertz CT molecular complexity index is 920. The van der Waals surface area contributed by atoms with Crippen molar-refractivity contribution >= 4 is 17.9 Å². The van der Waals surface area contributed by atoms with Gasteiger partial charge in [0.15, 0.2) is 6.10 Å². The third-order valence-electron chi connectivity index (χ3n) is 12.9. The lowest BCUT2D eigenvalue weighted by molar-refractivity contribution is -0.167. The van der Waals surface area contributed by atoms with E-state index in [4.69, 9.17) is 14.2 Å². The van der Waals surface area contributed by atoms with Crippen LogP contribution in [0.25, 0.3) is 0 Å². The van der Waals surface area contributed by atoms with Gasteiger partial charge in [-0.25, -0.2) is 0 Å². The van der Waals surface area contributed by atoms with E-state index in [1.165, 1.54) is 186 Å². The number of carbonyl (C=O) groups excluding carboxylic acids is 3. The first-order chi connectivity index (χ1) is 29.3. The molecule has 0 spiro atoms. The van der Waals surface area contributed by atoms with Crippen LogP contribution in [0.2, 0.25) is 0 Å². The van der Waals surface area contributed by atoms with Gasteiger partial charge in [-0.2, -0.15) is 0 Å². The van der Waals surface area contributed by atoms with Crippen molar-refractivity contribution in [3.63, 3.8) is 0 Å². The van der Waals surface area contributed by atoms with E-state index in [1.54, 1.807) is 0 Å². The standard InChI is InChI=1S/C54H104O6/c1-6-9-10-11-12-13-14-20-23-29-34-39-44-52(55)58-47-51(60-54(57)46-41-36-31-26-25-28-33-38-43-50(5)8-3)48-59-53(56)45-40-35-30-24-21-18-16-15-17-19-22-27-32-37-42-49(4)7-2/h49-51H,6-48H2,1-5H3/t49?,50?,51-/m1/s1. The van der Waals surface area contributed by atoms with E-state index in [0.717, 1.165) is 69.6 Å². The zero-order valence-corrected chi connectivity index (χ0v) is 41.1. The minimum absolute atomic E-state index is 0.0638. The van der Waals surface area contributed by atoms with Crippen molar-refractivity contribution in [3.05, 3.63) is 0 Å². The summed E-state index contributed by atoms with van der Waals surface area (Å²) in [6.45, 7) is 11.4. The molecule has 2 unspecified atom stereocenters. The van der Waals surface area contributed by atoms with Crippen molar-refractivity contribution in [1.29, 1.82) is 0 Å². The Hall–Kier alpha value is -1.59. The Labute approximate surface area is 374 Å². The largest absolute Gasteiger partial charge is 0.462 e. The molecule has 0 aromatic carbocycles. The van der Waals surface area contributed by atoms with Gasteiger partial charge in [-0.3, -0.25) is 14.4 Å². The van der Waals surface area contributed by atoms with Gasteiger partial charge in [0.05, 0.1) is 0 Å². The van der Waals surface area contributed by atoms with Crippen molar-refractivity contribution in [3.8, 4) is 0 Å². The fraction of sp³-hybridized carbons (Fsp3) is 0.944. The molecule has 0 bridgehead atoms. The number of hydrogen-bond acceptors (Lipinski definition) is 6. The molecule has 0 aromatic heterocycles. The molecule has 60 heavy (non-hydrogen) atoms. The van der Waals surface area contributed by atoms with Crippen LogP contribution in [-0.2, 0) is 28.6 Å². The van der Waals surface area contributed by atoms with Gasteiger partial charge < -0.3 is 14.2 Å². The minimum atomic E-state index is -0.762. The van der Waals surface area contributed by atoms with Crippen LogP contribution in [0.5, 0.6) is 0 Å². The smallest absolute Gasteiger partial charge is 0.306 e. The molecule has 6 heteroatoms. The third-order valence-corrected chi connectivity index (χ3v) is 12.9. The van der Waals surface area contributed by atoms with E-state index in [-0.39, 0.29) is 31.1 Å². The molecule has 0 radical (unpaired) electrons. The molecule has 0 aliphatic rings. The molecule has 0 fully saturated rings. The lowest BCUT2D eigenvalue weighted by Crippen LogP contribution is -2.30. The maximum atomic E-state index is 12.8. The summed E-state index contributed by atoms with van der Waals surface area (Å²) in [4.78, 5) is 38.0. The van der Waals surface area contributed by atoms with Crippen molar-refractivity contribution in [2.45, 2.75) is 304 Å². The van der Waals surface area contributed by atoms with Gasteiger partial charge in [-0.15, -0.1) is 0 Å². The van der Waals surface area contributed by atoms with Crippen LogP contribution in [0.3, 0.4) is 0 Å². The molecule has 0 rings (SSSR count). The second kappa shape index (κ2) is 46.9. The van der Waals surface area contributed by atoms with Crippen LogP contribution < -0.4 is 0 Å². The number of esters is 3. The quantitative estimate of drug-likeness (QED) is 0.0345. The van der Waals surface area contributed by atoms with Crippen LogP contribution in [0.15, 0.2) is 0 Å². The van der Waals surface area contributed by atoms with Crippen molar-refractivity contribution < 1.29 is 28.6 Å². The summed E-state index contributed by atoms with van der Waals surface area (Å²) >= 11 is 0. The predicted molar refractivity (Wildman–Crippen MR) is 256 cm³/mol. The van der Waals surface area contributed by atoms with Crippen molar-refractivity contribution in [2.24, 2.45) is 11.8 Å². The summed E-state index contributed by atoms with van der Waals surface area (Å²) in [5.74, 6) is 0.893. The van der Waals surface area contributed by atoms with Crippen LogP contribution in [0.4, 0.5) is 0 Å². The maximum Gasteiger partial charge on any atom is 0.306 e. The minimum Gasteiger partial charge on any atom is -0.462 e. The van der Waals surface area contributed by atoms with Crippen LogP contribution in [0, 0.1) is 11.8 Å². The number of carbonyl (C=O) groups is 3. The van der Waals surface area contributed by atoms with E-state index >= 15 is 0 Å². The predicted octanol–water partition coefficient (Wildman–Crippen LogP) is 17.3. The van der Waals surface area contributed by atoms with Crippen LogP contribution in [-0.4, -0.2) is 37.2 Å². The van der Waals surface area contributed by atoms with Crippen LogP contribution >= 0.6 is 0 Å². The lowest BCUT2D eigenvalue weighted by Gasteiger charge is -2.18. The SMILES string of the molecule is CCCCCCCCCCCCCCC(=O)OC[C@H](COC(=O)CCCCCCCCCCCCCCCCC(C)CC)OC(=O)CCCCCCCCCCC(C)CC. The Morgan fingerprint density at radius 2 is 0.583 bits per heavy atom. The summed E-state index contributed by atoms with van der Waals surface area (Å²) in [6, 6.07) is 0. The first-order valence-electron chi connectivity index (χ1n) is 26.8. The zero-order valence-electron chi connectivity index (χ0n) is 41.1. The van der Waals surface area contributed by atoms with E-state index in [9.17, 15) is 14.4 Å². The van der Waals surface area contributed by atoms with E-state index < -0.39 is 6.10 Å². The highest BCUT2D eigenvalue weighted by Crippen LogP contribution is 2.18. The highest BCUT2D eigenvalue weighted by atomic mass is 16.6. The Balaban J connectivity index is 4.28. The average molecular weight is 849 g/mol. The summed E-state index contributed by atoms with van der Waals surface area (Å²) in [6.07, 6.45) is 47.9. The Kier molecular flexibility index (Phi) is 45.7. The average Bonchev–Trinajstić information content (AvgIpc) is 3.25. The highest BCUT2D eigenvalue weighted by Gasteiger charge is 2.19. The molecule has 3 atom stereocenters. The van der Waals surface area contributed by atoms with E-state index in [1.807, 2.05) is 0 Å². The molecule has 0 aliphatic carbocycles. The van der Waals surface area contributed by atoms with Crippen LogP contribution in [0.1, 0.15) is 298 Å². The lowest BCUT2D eigenvalue weighted by atomic mass is 9.99. The fourth-order valence-electron chi connectivity index (χ4n) is 8.10. The van der Waals surface area contributed by atoms with Gasteiger partial charge in [0.1, 0.15) is 13.2 Å². The van der Waals surface area contributed by atoms with E-state index in [2.05, 4.69) is 34.6 Å². The second-order valence-electron chi connectivity index (χ2n) is 19.0. The molecule has 0 aromatic rings. The topological polar surface area (TPSA) is 78.9 Å². The molecular formula is C54H104O6. The summed E-state index contributed by atoms with van der Waals surface area (Å²) < 4.78 is 16.8. The monoisotopic (exact) mass is 849 g/mol. The molecule has 0 saturated heterocycles. The third kappa shape index (κ3) is 44.5.